The highest BCUT2D eigenvalue weighted by molar-refractivity contribution is 9.10. The Kier molecular flexibility index (Phi) is 5.55. The minimum absolute atomic E-state index is 0.163. The van der Waals surface area contributed by atoms with Gasteiger partial charge in [-0.1, -0.05) is 64.0 Å². The van der Waals surface area contributed by atoms with E-state index in [1.807, 2.05) is 25.1 Å². The molecule has 0 aliphatic rings. The molecule has 134 valence electrons. The first-order chi connectivity index (χ1) is 12.4. The van der Waals surface area contributed by atoms with Crippen LogP contribution in [-0.4, -0.2) is 8.42 Å². The van der Waals surface area contributed by atoms with Gasteiger partial charge in [0.1, 0.15) is 5.82 Å². The highest BCUT2D eigenvalue weighted by atomic mass is 79.9. The van der Waals surface area contributed by atoms with Gasteiger partial charge in [-0.2, -0.15) is 4.72 Å². The number of benzene rings is 3. The molecule has 0 aliphatic carbocycles. The van der Waals surface area contributed by atoms with Crippen LogP contribution in [0.15, 0.2) is 82.2 Å². The summed E-state index contributed by atoms with van der Waals surface area (Å²) in [6, 6.07) is 19.2. The van der Waals surface area contributed by atoms with E-state index >= 15 is 0 Å². The lowest BCUT2D eigenvalue weighted by molar-refractivity contribution is 0.570. The van der Waals surface area contributed by atoms with Crippen LogP contribution >= 0.6 is 15.9 Å². The van der Waals surface area contributed by atoms with Gasteiger partial charge in [-0.15, -0.1) is 0 Å². The molecule has 0 spiro atoms. The van der Waals surface area contributed by atoms with Crippen molar-refractivity contribution in [2.75, 3.05) is 0 Å². The predicted molar refractivity (Wildman–Crippen MR) is 104 cm³/mol. The van der Waals surface area contributed by atoms with Gasteiger partial charge in [-0.3, -0.25) is 0 Å². The van der Waals surface area contributed by atoms with Gasteiger partial charge in [0.15, 0.2) is 0 Å². The van der Waals surface area contributed by atoms with E-state index in [9.17, 15) is 12.8 Å². The second kappa shape index (κ2) is 7.70. The van der Waals surface area contributed by atoms with Crippen LogP contribution in [-0.2, 0) is 10.0 Å². The Labute approximate surface area is 161 Å². The molecular formula is C20H17BrFNO2S. The summed E-state index contributed by atoms with van der Waals surface area (Å²) in [6.45, 7) is 1.89. The number of aryl methyl sites for hydroxylation is 1. The molecule has 0 bridgehead atoms. The first-order valence-electron chi connectivity index (χ1n) is 7.96. The molecule has 3 nitrogen and oxygen atoms in total. The summed E-state index contributed by atoms with van der Waals surface area (Å²) >= 11 is 3.40. The van der Waals surface area contributed by atoms with E-state index in [0.717, 1.165) is 11.1 Å². The van der Waals surface area contributed by atoms with Gasteiger partial charge in [0.05, 0.1) is 10.9 Å². The lowest BCUT2D eigenvalue weighted by Crippen LogP contribution is -2.29. The number of rotatable bonds is 5. The van der Waals surface area contributed by atoms with E-state index in [-0.39, 0.29) is 4.90 Å². The van der Waals surface area contributed by atoms with Crippen molar-refractivity contribution in [1.29, 1.82) is 0 Å². The zero-order valence-corrected chi connectivity index (χ0v) is 16.4. The minimum atomic E-state index is -3.80. The second-order valence-corrected chi connectivity index (χ2v) is 8.51. The van der Waals surface area contributed by atoms with E-state index in [1.165, 1.54) is 12.1 Å². The highest BCUT2D eigenvalue weighted by Crippen LogP contribution is 2.31. The Morgan fingerprint density at radius 3 is 2.27 bits per heavy atom. The normalized spacial score (nSPS) is 12.7. The fourth-order valence-electron chi connectivity index (χ4n) is 2.63. The van der Waals surface area contributed by atoms with Crippen LogP contribution in [0.2, 0.25) is 0 Å². The molecule has 0 fully saturated rings. The van der Waals surface area contributed by atoms with Gasteiger partial charge >= 0.3 is 0 Å². The fourth-order valence-corrected chi connectivity index (χ4v) is 4.31. The van der Waals surface area contributed by atoms with Gasteiger partial charge in [0.2, 0.25) is 10.0 Å². The highest BCUT2D eigenvalue weighted by Gasteiger charge is 2.24. The third-order valence-corrected chi connectivity index (χ3v) is 6.17. The van der Waals surface area contributed by atoms with E-state index < -0.39 is 21.9 Å². The summed E-state index contributed by atoms with van der Waals surface area (Å²) in [4.78, 5) is 0.163. The zero-order chi connectivity index (χ0) is 18.7. The second-order valence-electron chi connectivity index (χ2n) is 5.94. The van der Waals surface area contributed by atoms with E-state index in [2.05, 4.69) is 20.7 Å². The minimum Gasteiger partial charge on any atom is -0.207 e. The van der Waals surface area contributed by atoms with Crippen LogP contribution in [0.5, 0.6) is 0 Å². The SMILES string of the molecule is Cc1ccc(S(=O)(=O)N[C@@H](c2ccccc2)c2cc(F)ccc2Br)cc1. The Morgan fingerprint density at radius 1 is 0.962 bits per heavy atom. The third-order valence-electron chi connectivity index (χ3n) is 4.01. The van der Waals surface area contributed by atoms with E-state index in [0.29, 0.717) is 10.0 Å². The van der Waals surface area contributed by atoms with Crippen LogP contribution in [0.25, 0.3) is 0 Å². The van der Waals surface area contributed by atoms with Crippen molar-refractivity contribution in [1.82, 2.24) is 4.72 Å². The van der Waals surface area contributed by atoms with Crippen molar-refractivity contribution >= 4 is 26.0 Å². The molecule has 0 aromatic heterocycles. The lowest BCUT2D eigenvalue weighted by Gasteiger charge is -2.21. The van der Waals surface area contributed by atoms with Crippen molar-refractivity contribution in [3.8, 4) is 0 Å². The maximum absolute atomic E-state index is 13.8. The van der Waals surface area contributed by atoms with Crippen molar-refractivity contribution in [2.24, 2.45) is 0 Å². The van der Waals surface area contributed by atoms with Crippen molar-refractivity contribution < 1.29 is 12.8 Å². The van der Waals surface area contributed by atoms with Crippen LogP contribution in [0, 0.1) is 12.7 Å². The Balaban J connectivity index is 2.07. The summed E-state index contributed by atoms with van der Waals surface area (Å²) in [6.07, 6.45) is 0. The summed E-state index contributed by atoms with van der Waals surface area (Å²) < 4.78 is 42.9. The monoisotopic (exact) mass is 433 g/mol. The average molecular weight is 434 g/mol. The fraction of sp³-hybridized carbons (Fsp3) is 0.100. The van der Waals surface area contributed by atoms with Gasteiger partial charge in [-0.25, -0.2) is 12.8 Å². The summed E-state index contributed by atoms with van der Waals surface area (Å²) in [5.41, 5.74) is 2.19. The summed E-state index contributed by atoms with van der Waals surface area (Å²) in [7, 11) is -3.80. The number of halogens is 2. The molecular weight excluding hydrogens is 417 g/mol. The number of hydrogen-bond donors (Lipinski definition) is 1. The molecule has 0 amide bonds. The maximum Gasteiger partial charge on any atom is 0.241 e. The van der Waals surface area contributed by atoms with Crippen LogP contribution in [0.1, 0.15) is 22.7 Å². The molecule has 26 heavy (non-hydrogen) atoms. The molecule has 0 heterocycles. The van der Waals surface area contributed by atoms with Gasteiger partial charge < -0.3 is 0 Å². The van der Waals surface area contributed by atoms with Gasteiger partial charge in [-0.05, 0) is 48.4 Å². The Bertz CT molecular complexity index is 1010. The molecule has 0 saturated carbocycles. The van der Waals surface area contributed by atoms with Gasteiger partial charge in [0, 0.05) is 4.47 Å². The van der Waals surface area contributed by atoms with Gasteiger partial charge in [0.25, 0.3) is 0 Å². The largest absolute Gasteiger partial charge is 0.241 e. The first kappa shape index (κ1) is 18.8. The molecule has 0 aliphatic heterocycles. The standard InChI is InChI=1S/C20H17BrFNO2S/c1-14-7-10-17(11-8-14)26(24,25)23-20(15-5-3-2-4-6-15)18-13-16(22)9-12-19(18)21/h2-13,20,23H,1H3/t20-/m0/s1. The number of hydrogen-bond acceptors (Lipinski definition) is 2. The van der Waals surface area contributed by atoms with E-state index in [4.69, 9.17) is 0 Å². The lowest BCUT2D eigenvalue weighted by atomic mass is 10.00. The maximum atomic E-state index is 13.8. The molecule has 0 saturated heterocycles. The molecule has 6 heteroatoms. The zero-order valence-electron chi connectivity index (χ0n) is 14.0. The molecule has 0 radical (unpaired) electrons. The van der Waals surface area contributed by atoms with Crippen molar-refractivity contribution in [2.45, 2.75) is 17.9 Å². The van der Waals surface area contributed by atoms with Crippen LogP contribution < -0.4 is 4.72 Å². The molecule has 3 aromatic rings. The number of sulfonamides is 1. The quantitative estimate of drug-likeness (QED) is 0.617. The number of nitrogens with one attached hydrogen (secondary N) is 1. The topological polar surface area (TPSA) is 46.2 Å². The summed E-state index contributed by atoms with van der Waals surface area (Å²) in [5.74, 6) is -0.432. The third kappa shape index (κ3) is 4.20. The smallest absolute Gasteiger partial charge is 0.207 e. The van der Waals surface area contributed by atoms with Crippen molar-refractivity contribution in [3.63, 3.8) is 0 Å². The van der Waals surface area contributed by atoms with Crippen LogP contribution in [0.3, 0.4) is 0 Å². The molecule has 1 N–H and O–H groups in total. The van der Waals surface area contributed by atoms with Crippen molar-refractivity contribution in [3.05, 3.63) is 99.8 Å². The molecule has 3 rings (SSSR count). The van der Waals surface area contributed by atoms with Crippen LogP contribution in [0.4, 0.5) is 4.39 Å². The molecule has 0 unspecified atom stereocenters. The first-order valence-corrected chi connectivity index (χ1v) is 10.2. The predicted octanol–water partition coefficient (Wildman–Crippen LogP) is 4.96. The average Bonchev–Trinajstić information content (AvgIpc) is 2.63. The molecule has 1 atom stereocenters. The Morgan fingerprint density at radius 2 is 1.62 bits per heavy atom. The summed E-state index contributed by atoms with van der Waals surface area (Å²) in [5, 5.41) is 0. The molecule has 3 aromatic carbocycles. The van der Waals surface area contributed by atoms with E-state index in [1.54, 1.807) is 42.5 Å². The Hall–Kier alpha value is -2.02.